The number of hydrazine groups is 1. The summed E-state index contributed by atoms with van der Waals surface area (Å²) in [6.45, 7) is 0. The molecule has 2 rings (SSSR count). The molecule has 0 atom stereocenters. The minimum Gasteiger partial charge on any atom is -0.292 e. The first kappa shape index (κ1) is 14.4. The van der Waals surface area contributed by atoms with E-state index in [9.17, 15) is 12.8 Å². The van der Waals surface area contributed by atoms with Gasteiger partial charge in [0.15, 0.2) is 0 Å². The Morgan fingerprint density at radius 3 is 2.45 bits per heavy atom. The summed E-state index contributed by atoms with van der Waals surface area (Å²) in [5.74, 6) is 4.33. The molecule has 4 N–H and O–H groups in total. The number of aromatic nitrogens is 2. The van der Waals surface area contributed by atoms with Crippen LogP contribution in [0, 0.1) is 5.82 Å². The quantitative estimate of drug-likeness (QED) is 0.580. The molecule has 1 aromatic carbocycles. The molecule has 0 saturated heterocycles. The van der Waals surface area contributed by atoms with Gasteiger partial charge < -0.3 is 0 Å². The van der Waals surface area contributed by atoms with Crippen LogP contribution < -0.4 is 16.0 Å². The zero-order valence-electron chi connectivity index (χ0n) is 9.84. The maximum Gasteiger partial charge on any atom is 0.265 e. The highest BCUT2D eigenvalue weighted by Gasteiger charge is 2.17. The van der Waals surface area contributed by atoms with Gasteiger partial charge in [0.1, 0.15) is 10.7 Å². The molecule has 1 aromatic heterocycles. The van der Waals surface area contributed by atoms with E-state index >= 15 is 0 Å². The summed E-state index contributed by atoms with van der Waals surface area (Å²) in [6, 6.07) is 3.57. The van der Waals surface area contributed by atoms with E-state index in [0.29, 0.717) is 0 Å². The summed E-state index contributed by atoms with van der Waals surface area (Å²) in [5.41, 5.74) is 1.93. The first-order chi connectivity index (χ1) is 9.42. The molecular weight excluding hydrogens is 309 g/mol. The predicted octanol–water partition coefficient (Wildman–Crippen LogP) is 1.36. The van der Waals surface area contributed by atoms with Crippen LogP contribution in [0.2, 0.25) is 5.02 Å². The van der Waals surface area contributed by atoms with Crippen LogP contribution in [0.4, 0.5) is 16.0 Å². The molecule has 0 aliphatic rings. The van der Waals surface area contributed by atoms with Gasteiger partial charge >= 0.3 is 0 Å². The van der Waals surface area contributed by atoms with Crippen LogP contribution in [-0.2, 0) is 10.0 Å². The number of anilines is 2. The third kappa shape index (κ3) is 3.13. The number of hydrogen-bond acceptors (Lipinski definition) is 6. The molecule has 0 aliphatic carbocycles. The zero-order valence-corrected chi connectivity index (χ0v) is 11.4. The third-order valence-corrected chi connectivity index (χ3v) is 3.80. The van der Waals surface area contributed by atoms with E-state index in [2.05, 4.69) is 20.1 Å². The van der Waals surface area contributed by atoms with Crippen LogP contribution in [0.25, 0.3) is 0 Å². The number of nitrogens with two attached hydrogens (primary N) is 1. The van der Waals surface area contributed by atoms with Crippen LogP contribution in [0.1, 0.15) is 0 Å². The lowest BCUT2D eigenvalue weighted by Gasteiger charge is -2.08. The molecule has 0 radical (unpaired) electrons. The molecule has 10 heteroatoms. The fourth-order valence-electron chi connectivity index (χ4n) is 1.31. The van der Waals surface area contributed by atoms with Gasteiger partial charge in [0, 0.05) is 5.02 Å². The topological polar surface area (TPSA) is 110 Å². The monoisotopic (exact) mass is 317 g/mol. The Kier molecular flexibility index (Phi) is 4.02. The lowest BCUT2D eigenvalue weighted by Crippen LogP contribution is -2.16. The van der Waals surface area contributed by atoms with Crippen LogP contribution in [-0.4, -0.2) is 18.4 Å². The summed E-state index contributed by atoms with van der Waals surface area (Å²) in [5, 5.41) is 0.159. The summed E-state index contributed by atoms with van der Waals surface area (Å²) in [6.07, 6.45) is 2.08. The van der Waals surface area contributed by atoms with E-state index in [1.165, 1.54) is 12.1 Å². The second-order valence-corrected chi connectivity index (χ2v) is 5.74. The van der Waals surface area contributed by atoms with Gasteiger partial charge in [0.05, 0.1) is 18.1 Å². The Balaban J connectivity index is 2.30. The van der Waals surface area contributed by atoms with Crippen molar-refractivity contribution in [2.45, 2.75) is 4.90 Å². The van der Waals surface area contributed by atoms with Gasteiger partial charge in [0.2, 0.25) is 5.95 Å². The minimum atomic E-state index is -4.00. The summed E-state index contributed by atoms with van der Waals surface area (Å²) in [7, 11) is -4.00. The molecule has 0 saturated carbocycles. The second-order valence-electron chi connectivity index (χ2n) is 3.62. The van der Waals surface area contributed by atoms with Crippen molar-refractivity contribution in [2.75, 3.05) is 10.1 Å². The van der Waals surface area contributed by atoms with Crippen LogP contribution in [0.5, 0.6) is 0 Å². The number of nitrogen functional groups attached to an aromatic ring is 1. The lowest BCUT2D eigenvalue weighted by molar-refractivity contribution is 0.597. The molecule has 0 amide bonds. The van der Waals surface area contributed by atoms with Crippen molar-refractivity contribution >= 4 is 33.3 Å². The highest BCUT2D eigenvalue weighted by atomic mass is 35.5. The van der Waals surface area contributed by atoms with E-state index < -0.39 is 15.8 Å². The van der Waals surface area contributed by atoms with Gasteiger partial charge in [-0.2, -0.15) is 0 Å². The molecule has 20 heavy (non-hydrogen) atoms. The highest BCUT2D eigenvalue weighted by molar-refractivity contribution is 7.92. The first-order valence-electron chi connectivity index (χ1n) is 5.19. The van der Waals surface area contributed by atoms with E-state index in [0.717, 1.165) is 18.5 Å². The Bertz CT molecular complexity index is 723. The van der Waals surface area contributed by atoms with Gasteiger partial charge in [-0.15, -0.1) is 0 Å². The average molecular weight is 318 g/mol. The van der Waals surface area contributed by atoms with Gasteiger partial charge in [-0.1, -0.05) is 11.6 Å². The SMILES string of the molecule is NNc1ncc(S(=O)(=O)Nc2ccc(Cl)cc2F)cn1. The average Bonchev–Trinajstić information content (AvgIpc) is 2.42. The third-order valence-electron chi connectivity index (χ3n) is 2.24. The van der Waals surface area contributed by atoms with Gasteiger partial charge in [0.25, 0.3) is 10.0 Å². The molecule has 7 nitrogen and oxygen atoms in total. The standard InChI is InChI=1S/C10H9ClFN5O2S/c11-6-1-2-9(8(12)3-6)17-20(18,19)7-4-14-10(16-13)15-5-7/h1-5,17H,13H2,(H,14,15,16). The number of nitrogens with zero attached hydrogens (tertiary/aromatic N) is 2. The van der Waals surface area contributed by atoms with Gasteiger partial charge in [-0.05, 0) is 18.2 Å². The highest BCUT2D eigenvalue weighted by Crippen LogP contribution is 2.21. The molecule has 1 heterocycles. The van der Waals surface area contributed by atoms with Gasteiger partial charge in [-0.3, -0.25) is 10.1 Å². The number of sulfonamides is 1. The normalized spacial score (nSPS) is 11.2. The summed E-state index contributed by atoms with van der Waals surface area (Å²) >= 11 is 5.58. The fraction of sp³-hybridized carbons (Fsp3) is 0. The van der Waals surface area contributed by atoms with E-state index in [4.69, 9.17) is 17.4 Å². The summed E-state index contributed by atoms with van der Waals surface area (Å²) < 4.78 is 39.6. The molecule has 0 bridgehead atoms. The Hall–Kier alpha value is -1.97. The zero-order chi connectivity index (χ0) is 14.8. The Morgan fingerprint density at radius 2 is 1.90 bits per heavy atom. The van der Waals surface area contributed by atoms with Crippen molar-refractivity contribution in [1.82, 2.24) is 9.97 Å². The van der Waals surface area contributed by atoms with Crippen molar-refractivity contribution in [3.05, 3.63) is 41.4 Å². The fourth-order valence-corrected chi connectivity index (χ4v) is 2.42. The molecule has 0 spiro atoms. The van der Waals surface area contributed by atoms with E-state index in [-0.39, 0.29) is 21.6 Å². The van der Waals surface area contributed by atoms with Gasteiger partial charge in [-0.25, -0.2) is 28.6 Å². The van der Waals surface area contributed by atoms with Crippen molar-refractivity contribution in [1.29, 1.82) is 0 Å². The number of benzene rings is 1. The molecule has 0 unspecified atom stereocenters. The molecule has 106 valence electrons. The predicted molar refractivity (Wildman–Crippen MR) is 72.1 cm³/mol. The Morgan fingerprint density at radius 1 is 1.25 bits per heavy atom. The smallest absolute Gasteiger partial charge is 0.265 e. The largest absolute Gasteiger partial charge is 0.292 e. The van der Waals surface area contributed by atoms with E-state index in [1.807, 2.05) is 0 Å². The van der Waals surface area contributed by atoms with Crippen molar-refractivity contribution in [3.63, 3.8) is 0 Å². The second kappa shape index (κ2) is 5.57. The lowest BCUT2D eigenvalue weighted by atomic mass is 10.3. The number of rotatable bonds is 4. The molecule has 0 aliphatic heterocycles. The van der Waals surface area contributed by atoms with Crippen LogP contribution >= 0.6 is 11.6 Å². The Labute approximate surface area is 119 Å². The maximum atomic E-state index is 13.5. The van der Waals surface area contributed by atoms with Crippen molar-refractivity contribution < 1.29 is 12.8 Å². The first-order valence-corrected chi connectivity index (χ1v) is 7.05. The molecule has 0 fully saturated rings. The van der Waals surface area contributed by atoms with E-state index in [1.54, 1.807) is 0 Å². The number of nitrogens with one attached hydrogen (secondary N) is 2. The molecular formula is C10H9ClFN5O2S. The number of halogens is 2. The van der Waals surface area contributed by atoms with Crippen LogP contribution in [0.15, 0.2) is 35.5 Å². The summed E-state index contributed by atoms with van der Waals surface area (Å²) in [4.78, 5) is 7.09. The van der Waals surface area contributed by atoms with Crippen molar-refractivity contribution in [2.24, 2.45) is 5.84 Å². The molecule has 2 aromatic rings. The van der Waals surface area contributed by atoms with Crippen molar-refractivity contribution in [3.8, 4) is 0 Å². The van der Waals surface area contributed by atoms with Crippen LogP contribution in [0.3, 0.4) is 0 Å². The number of hydrogen-bond donors (Lipinski definition) is 3. The maximum absolute atomic E-state index is 13.5. The minimum absolute atomic E-state index is 0.0571.